The summed E-state index contributed by atoms with van der Waals surface area (Å²) in [6.45, 7) is 4.79. The molecule has 3 aliphatic rings. The second kappa shape index (κ2) is 12.9. The molecule has 9 aromatic rings. The molecule has 12 rings (SSSR count). The summed E-state index contributed by atoms with van der Waals surface area (Å²) in [4.78, 5) is 2.57. The van der Waals surface area contributed by atoms with Crippen molar-refractivity contribution < 1.29 is 0 Å². The molecule has 0 unspecified atom stereocenters. The van der Waals surface area contributed by atoms with Crippen LogP contribution in [0.4, 0.5) is 17.1 Å². The van der Waals surface area contributed by atoms with Crippen LogP contribution < -0.4 is 4.90 Å². The predicted octanol–water partition coefficient (Wildman–Crippen LogP) is 14.5. The Morgan fingerprint density at radius 1 is 0.300 bits per heavy atom. The molecule has 60 heavy (non-hydrogen) atoms. The minimum Gasteiger partial charge on any atom is -0.310 e. The molecule has 0 radical (unpaired) electrons. The maximum Gasteiger partial charge on any atom is 0.0734 e. The smallest absolute Gasteiger partial charge is 0.0734 e. The SMILES string of the molecule is CC1(C)c2ccccc2C2(c3ccccc3-c3c(N(c4ccccc4)c4cccc5c4C(c4ccccc4)(c4ccccc4)c4ccccc4-5)cccc32)c2ccccc21. The van der Waals surface area contributed by atoms with Gasteiger partial charge in [0.05, 0.1) is 22.2 Å². The van der Waals surface area contributed by atoms with Crippen molar-refractivity contribution in [2.45, 2.75) is 30.1 Å². The van der Waals surface area contributed by atoms with Crippen molar-refractivity contribution in [2.75, 3.05) is 4.90 Å². The summed E-state index contributed by atoms with van der Waals surface area (Å²) in [5.41, 5.74) is 20.6. The second-order valence-corrected chi connectivity index (χ2v) is 17.1. The van der Waals surface area contributed by atoms with Crippen molar-refractivity contribution in [2.24, 2.45) is 0 Å². The average molecular weight is 766 g/mol. The van der Waals surface area contributed by atoms with Gasteiger partial charge in [-0.3, -0.25) is 0 Å². The number of anilines is 3. The number of fused-ring (bicyclic) bond motifs is 12. The van der Waals surface area contributed by atoms with Gasteiger partial charge in [-0.05, 0) is 91.0 Å². The van der Waals surface area contributed by atoms with Gasteiger partial charge in [0.15, 0.2) is 0 Å². The first-order valence-electron chi connectivity index (χ1n) is 21.2. The van der Waals surface area contributed by atoms with Crippen LogP contribution >= 0.6 is 0 Å². The Labute approximate surface area is 352 Å². The Balaban J connectivity index is 1.22. The van der Waals surface area contributed by atoms with Crippen molar-refractivity contribution in [3.63, 3.8) is 0 Å². The van der Waals surface area contributed by atoms with Crippen LogP contribution in [0.1, 0.15) is 69.5 Å². The molecule has 0 aliphatic heterocycles. The fraction of sp³-hybridized carbons (Fsp3) is 0.0847. The van der Waals surface area contributed by atoms with Gasteiger partial charge in [-0.1, -0.05) is 214 Å². The minimum atomic E-state index is -0.581. The molecule has 0 amide bonds. The summed E-state index contributed by atoms with van der Waals surface area (Å²) in [6, 6.07) is 84.2. The first kappa shape index (κ1) is 34.8. The topological polar surface area (TPSA) is 3.24 Å². The highest BCUT2D eigenvalue weighted by molar-refractivity contribution is 6.01. The number of rotatable bonds is 5. The zero-order chi connectivity index (χ0) is 40.1. The van der Waals surface area contributed by atoms with Gasteiger partial charge in [0, 0.05) is 22.2 Å². The van der Waals surface area contributed by atoms with Gasteiger partial charge >= 0.3 is 0 Å². The monoisotopic (exact) mass is 765 g/mol. The van der Waals surface area contributed by atoms with Gasteiger partial charge in [-0.25, -0.2) is 0 Å². The third kappa shape index (κ3) is 4.42. The van der Waals surface area contributed by atoms with Gasteiger partial charge in [0.1, 0.15) is 0 Å². The fourth-order valence-corrected chi connectivity index (χ4v) is 11.7. The molecule has 0 atom stereocenters. The fourth-order valence-electron chi connectivity index (χ4n) is 11.7. The highest BCUT2D eigenvalue weighted by Crippen LogP contribution is 2.65. The number of hydrogen-bond donors (Lipinski definition) is 0. The van der Waals surface area contributed by atoms with E-state index < -0.39 is 10.8 Å². The van der Waals surface area contributed by atoms with E-state index >= 15 is 0 Å². The van der Waals surface area contributed by atoms with Gasteiger partial charge in [0.25, 0.3) is 0 Å². The third-order valence-corrected chi connectivity index (χ3v) is 14.0. The lowest BCUT2D eigenvalue weighted by atomic mass is 9.55. The van der Waals surface area contributed by atoms with Crippen LogP contribution in [-0.2, 0) is 16.2 Å². The van der Waals surface area contributed by atoms with Gasteiger partial charge in [-0.15, -0.1) is 0 Å². The number of para-hydroxylation sites is 1. The van der Waals surface area contributed by atoms with Crippen molar-refractivity contribution in [3.05, 3.63) is 280 Å². The molecule has 284 valence electrons. The van der Waals surface area contributed by atoms with Crippen molar-refractivity contribution in [3.8, 4) is 22.3 Å². The molecule has 3 aliphatic carbocycles. The van der Waals surface area contributed by atoms with Gasteiger partial charge in [0.2, 0.25) is 0 Å². The summed E-state index contributed by atoms with van der Waals surface area (Å²) < 4.78 is 0. The molecule has 9 aromatic carbocycles. The highest BCUT2D eigenvalue weighted by atomic mass is 15.2. The molecular weight excluding hydrogens is 723 g/mol. The van der Waals surface area contributed by atoms with Crippen molar-refractivity contribution in [1.82, 2.24) is 0 Å². The first-order chi connectivity index (χ1) is 29.6. The zero-order valence-corrected chi connectivity index (χ0v) is 33.8. The number of hydrogen-bond acceptors (Lipinski definition) is 1. The van der Waals surface area contributed by atoms with Gasteiger partial charge < -0.3 is 4.90 Å². The van der Waals surface area contributed by atoms with E-state index in [9.17, 15) is 0 Å². The Morgan fingerprint density at radius 3 is 1.32 bits per heavy atom. The van der Waals surface area contributed by atoms with E-state index in [0.717, 1.165) is 5.69 Å². The summed E-state index contributed by atoms with van der Waals surface area (Å²) in [6.07, 6.45) is 0. The van der Waals surface area contributed by atoms with Gasteiger partial charge in [-0.2, -0.15) is 0 Å². The van der Waals surface area contributed by atoms with E-state index in [1.165, 1.54) is 89.3 Å². The molecule has 0 bridgehead atoms. The molecule has 1 heteroatoms. The summed E-state index contributed by atoms with van der Waals surface area (Å²) in [5.74, 6) is 0. The standard InChI is InChI=1S/C59H43N/c1-57(2)48-33-16-18-35-50(48)59(51-36-19-17-34-49(51)57)47-32-15-13-29-45(47)55-52(59)37-21-38-53(55)60(42-26-10-5-11-27-42)54-39-20-30-44-43-28-12-14-31-46(43)58(56(44)54,40-22-6-3-7-23-40)41-24-8-4-9-25-41/h3-39H,1-2H3. The minimum absolute atomic E-state index is 0.165. The molecule has 0 fully saturated rings. The van der Waals surface area contributed by atoms with E-state index in [2.05, 4.69) is 243 Å². The lowest BCUT2D eigenvalue weighted by Gasteiger charge is -2.46. The maximum atomic E-state index is 2.57. The van der Waals surface area contributed by atoms with E-state index in [1.54, 1.807) is 0 Å². The largest absolute Gasteiger partial charge is 0.310 e. The van der Waals surface area contributed by atoms with Crippen LogP contribution in [0.2, 0.25) is 0 Å². The van der Waals surface area contributed by atoms with Crippen LogP contribution in [0.25, 0.3) is 22.3 Å². The quantitative estimate of drug-likeness (QED) is 0.169. The Kier molecular flexibility index (Phi) is 7.47. The number of benzene rings is 9. The molecule has 0 saturated heterocycles. The van der Waals surface area contributed by atoms with E-state index in [1.807, 2.05) is 0 Å². The van der Waals surface area contributed by atoms with Crippen molar-refractivity contribution >= 4 is 17.1 Å². The molecule has 1 spiro atoms. The Morgan fingerprint density at radius 2 is 0.717 bits per heavy atom. The molecule has 1 nitrogen and oxygen atoms in total. The van der Waals surface area contributed by atoms with E-state index in [-0.39, 0.29) is 5.41 Å². The van der Waals surface area contributed by atoms with Crippen LogP contribution in [-0.4, -0.2) is 0 Å². The normalized spacial score (nSPS) is 15.2. The molecule has 0 heterocycles. The van der Waals surface area contributed by atoms with Crippen LogP contribution in [0.5, 0.6) is 0 Å². The van der Waals surface area contributed by atoms with E-state index in [4.69, 9.17) is 0 Å². The highest BCUT2D eigenvalue weighted by Gasteiger charge is 2.54. The third-order valence-electron chi connectivity index (χ3n) is 14.0. The average Bonchev–Trinajstić information content (AvgIpc) is 3.79. The van der Waals surface area contributed by atoms with Crippen LogP contribution in [0.15, 0.2) is 224 Å². The number of nitrogens with zero attached hydrogens (tertiary/aromatic N) is 1. The lowest BCUT2D eigenvalue weighted by molar-refractivity contribution is 0.563. The molecular formula is C59H43N. The first-order valence-corrected chi connectivity index (χ1v) is 21.2. The summed E-state index contributed by atoms with van der Waals surface area (Å²) in [7, 11) is 0. The summed E-state index contributed by atoms with van der Waals surface area (Å²) >= 11 is 0. The van der Waals surface area contributed by atoms with E-state index in [0.29, 0.717) is 0 Å². The molecule has 0 saturated carbocycles. The molecule has 0 aromatic heterocycles. The Hall–Kier alpha value is -7.22. The summed E-state index contributed by atoms with van der Waals surface area (Å²) in [5, 5.41) is 0. The molecule has 0 N–H and O–H groups in total. The second-order valence-electron chi connectivity index (χ2n) is 17.1. The predicted molar refractivity (Wildman–Crippen MR) is 248 cm³/mol. The van der Waals surface area contributed by atoms with Crippen LogP contribution in [0.3, 0.4) is 0 Å². The Bertz CT molecular complexity index is 3030. The van der Waals surface area contributed by atoms with Crippen molar-refractivity contribution in [1.29, 1.82) is 0 Å². The zero-order valence-electron chi connectivity index (χ0n) is 33.8. The van der Waals surface area contributed by atoms with Crippen LogP contribution in [0, 0.1) is 0 Å². The maximum absolute atomic E-state index is 2.57. The lowest BCUT2D eigenvalue weighted by Crippen LogP contribution is -2.40.